The highest BCUT2D eigenvalue weighted by atomic mass is 79.9. The van der Waals surface area contributed by atoms with Crippen LogP contribution in [0.15, 0.2) is 28.7 Å². The van der Waals surface area contributed by atoms with Crippen LogP contribution < -0.4 is 5.32 Å². The van der Waals surface area contributed by atoms with Gasteiger partial charge in [0, 0.05) is 22.2 Å². The summed E-state index contributed by atoms with van der Waals surface area (Å²) in [5.74, 6) is -1.51. The first-order valence-corrected chi connectivity index (χ1v) is 7.31. The molecule has 0 radical (unpaired) electrons. The minimum absolute atomic E-state index is 0.0301. The van der Waals surface area contributed by atoms with Crippen molar-refractivity contribution in [2.45, 2.75) is 26.3 Å². The van der Waals surface area contributed by atoms with Crippen molar-refractivity contribution in [1.29, 1.82) is 0 Å². The van der Waals surface area contributed by atoms with E-state index >= 15 is 0 Å². The van der Waals surface area contributed by atoms with Gasteiger partial charge >= 0.3 is 5.97 Å². The molecule has 0 aliphatic heterocycles. The Morgan fingerprint density at radius 2 is 2.19 bits per heavy atom. The second kappa shape index (κ2) is 8.56. The number of hydrogen-bond acceptors (Lipinski definition) is 3. The molecular formula is C15H17BrFNO3. The molecule has 0 saturated carbocycles. The fourth-order valence-electron chi connectivity index (χ4n) is 1.40. The van der Waals surface area contributed by atoms with Gasteiger partial charge in [0.1, 0.15) is 5.82 Å². The summed E-state index contributed by atoms with van der Waals surface area (Å²) in [5.41, 5.74) is 0.255. The van der Waals surface area contributed by atoms with E-state index in [2.05, 4.69) is 21.2 Å². The average Bonchev–Trinajstić information content (AvgIpc) is 2.45. The van der Waals surface area contributed by atoms with Crippen LogP contribution in [-0.4, -0.2) is 24.5 Å². The lowest BCUT2D eigenvalue weighted by Crippen LogP contribution is -2.35. The molecule has 21 heavy (non-hydrogen) atoms. The number of halogens is 2. The number of carbonyl (C=O) groups is 2. The summed E-state index contributed by atoms with van der Waals surface area (Å²) in [6, 6.07) is 4.41. The number of ether oxygens (including phenoxy) is 1. The monoisotopic (exact) mass is 357 g/mol. The Hall–Kier alpha value is -1.69. The first-order chi connectivity index (χ1) is 9.92. The highest BCUT2D eigenvalue weighted by molar-refractivity contribution is 9.10. The number of hydrogen-bond donors (Lipinski definition) is 1. The van der Waals surface area contributed by atoms with Crippen LogP contribution in [0.5, 0.6) is 0 Å². The predicted octanol–water partition coefficient (Wildman–Crippen LogP) is 3.06. The zero-order valence-electron chi connectivity index (χ0n) is 11.9. The molecule has 0 saturated heterocycles. The Labute approximate surface area is 131 Å². The highest BCUT2D eigenvalue weighted by Gasteiger charge is 2.08. The van der Waals surface area contributed by atoms with E-state index in [0.717, 1.165) is 12.5 Å². The summed E-state index contributed by atoms with van der Waals surface area (Å²) >= 11 is 3.21. The van der Waals surface area contributed by atoms with Gasteiger partial charge in [0.05, 0.1) is 0 Å². The predicted molar refractivity (Wildman–Crippen MR) is 82.0 cm³/mol. The zero-order chi connectivity index (χ0) is 15.8. The normalized spacial score (nSPS) is 12.2. The quantitative estimate of drug-likeness (QED) is 0.628. The van der Waals surface area contributed by atoms with Crippen LogP contribution in [0.4, 0.5) is 4.39 Å². The number of carbonyl (C=O) groups excluding carboxylic acids is 2. The lowest BCUT2D eigenvalue weighted by atomic mass is 10.2. The summed E-state index contributed by atoms with van der Waals surface area (Å²) in [4.78, 5) is 22.9. The molecule has 0 aliphatic carbocycles. The Morgan fingerprint density at radius 1 is 1.48 bits per heavy atom. The summed E-state index contributed by atoms with van der Waals surface area (Å²) in [7, 11) is 0. The molecule has 0 bridgehead atoms. The Kier molecular flexibility index (Phi) is 7.08. The maximum absolute atomic E-state index is 13.4. The molecule has 4 nitrogen and oxygen atoms in total. The molecule has 1 unspecified atom stereocenters. The summed E-state index contributed by atoms with van der Waals surface area (Å²) < 4.78 is 18.9. The molecule has 1 amide bonds. The molecule has 0 heterocycles. The summed E-state index contributed by atoms with van der Waals surface area (Å²) in [6.45, 7) is 3.44. The van der Waals surface area contributed by atoms with E-state index < -0.39 is 11.8 Å². The minimum atomic E-state index is -0.700. The zero-order valence-corrected chi connectivity index (χ0v) is 13.4. The third-order valence-electron chi connectivity index (χ3n) is 2.72. The Bertz CT molecular complexity index is 546. The van der Waals surface area contributed by atoms with Gasteiger partial charge < -0.3 is 10.1 Å². The topological polar surface area (TPSA) is 55.4 Å². The van der Waals surface area contributed by atoms with Gasteiger partial charge in [-0.25, -0.2) is 9.18 Å². The number of benzene rings is 1. The molecule has 1 aromatic rings. The van der Waals surface area contributed by atoms with Gasteiger partial charge in [-0.15, -0.1) is 0 Å². The van der Waals surface area contributed by atoms with Gasteiger partial charge in [-0.1, -0.05) is 22.9 Å². The first kappa shape index (κ1) is 17.4. The van der Waals surface area contributed by atoms with Gasteiger partial charge in [-0.3, -0.25) is 4.79 Å². The maximum Gasteiger partial charge on any atom is 0.331 e. The van der Waals surface area contributed by atoms with E-state index in [1.165, 1.54) is 18.2 Å². The Morgan fingerprint density at radius 3 is 2.86 bits per heavy atom. The molecule has 1 atom stereocenters. The summed E-state index contributed by atoms with van der Waals surface area (Å²) in [6.07, 6.45) is 3.18. The van der Waals surface area contributed by atoms with E-state index in [0.29, 0.717) is 4.47 Å². The van der Waals surface area contributed by atoms with E-state index in [1.54, 1.807) is 6.07 Å². The first-order valence-electron chi connectivity index (χ1n) is 6.51. The van der Waals surface area contributed by atoms with Crippen molar-refractivity contribution in [3.63, 3.8) is 0 Å². The van der Waals surface area contributed by atoms with Gasteiger partial charge in [0.2, 0.25) is 0 Å². The molecule has 0 aromatic heterocycles. The van der Waals surface area contributed by atoms with Crippen LogP contribution in [-0.2, 0) is 14.3 Å². The number of amides is 1. The SMILES string of the molecule is CCC(C)NC(=O)COC(=O)/C=C/c1cc(Br)ccc1F. The van der Waals surface area contributed by atoms with Crippen LogP contribution in [0.2, 0.25) is 0 Å². The van der Waals surface area contributed by atoms with Crippen LogP contribution in [0.1, 0.15) is 25.8 Å². The summed E-state index contributed by atoms with van der Waals surface area (Å²) in [5, 5.41) is 2.67. The molecular weight excluding hydrogens is 341 g/mol. The van der Waals surface area contributed by atoms with Crippen LogP contribution in [0.25, 0.3) is 6.08 Å². The average molecular weight is 358 g/mol. The molecule has 114 valence electrons. The smallest absolute Gasteiger partial charge is 0.331 e. The van der Waals surface area contributed by atoms with E-state index in [-0.39, 0.29) is 24.1 Å². The van der Waals surface area contributed by atoms with Crippen molar-refractivity contribution in [1.82, 2.24) is 5.32 Å². The standard InChI is InChI=1S/C15H17BrFNO3/c1-3-10(2)18-14(19)9-21-15(20)7-4-11-8-12(16)5-6-13(11)17/h4-8,10H,3,9H2,1-2H3,(H,18,19)/b7-4+. The third-order valence-corrected chi connectivity index (χ3v) is 3.22. The van der Waals surface area contributed by atoms with Crippen LogP contribution >= 0.6 is 15.9 Å². The van der Waals surface area contributed by atoms with E-state index in [1.807, 2.05) is 13.8 Å². The van der Waals surface area contributed by atoms with Gasteiger partial charge in [0.25, 0.3) is 5.91 Å². The van der Waals surface area contributed by atoms with Gasteiger partial charge in [0.15, 0.2) is 6.61 Å². The second-order valence-electron chi connectivity index (χ2n) is 4.48. The van der Waals surface area contributed by atoms with Crippen LogP contribution in [0.3, 0.4) is 0 Å². The van der Waals surface area contributed by atoms with E-state index in [9.17, 15) is 14.0 Å². The molecule has 0 fully saturated rings. The lowest BCUT2D eigenvalue weighted by Gasteiger charge is -2.10. The fraction of sp³-hybridized carbons (Fsp3) is 0.333. The van der Waals surface area contributed by atoms with Crippen molar-refractivity contribution in [3.05, 3.63) is 40.1 Å². The third kappa shape index (κ3) is 6.53. The molecule has 1 N–H and O–H groups in total. The minimum Gasteiger partial charge on any atom is -0.452 e. The number of rotatable bonds is 6. The van der Waals surface area contributed by atoms with E-state index in [4.69, 9.17) is 4.74 Å². The molecule has 6 heteroatoms. The van der Waals surface area contributed by atoms with Crippen molar-refractivity contribution < 1.29 is 18.7 Å². The number of esters is 1. The largest absolute Gasteiger partial charge is 0.452 e. The van der Waals surface area contributed by atoms with Crippen molar-refractivity contribution in [3.8, 4) is 0 Å². The van der Waals surface area contributed by atoms with Crippen molar-refractivity contribution >= 4 is 33.9 Å². The lowest BCUT2D eigenvalue weighted by molar-refractivity contribution is -0.144. The molecule has 1 rings (SSSR count). The maximum atomic E-state index is 13.4. The van der Waals surface area contributed by atoms with Gasteiger partial charge in [-0.05, 0) is 37.6 Å². The number of nitrogens with one attached hydrogen (secondary N) is 1. The fourth-order valence-corrected chi connectivity index (χ4v) is 1.78. The van der Waals surface area contributed by atoms with Crippen molar-refractivity contribution in [2.24, 2.45) is 0 Å². The second-order valence-corrected chi connectivity index (χ2v) is 5.40. The molecule has 0 spiro atoms. The van der Waals surface area contributed by atoms with Crippen molar-refractivity contribution in [2.75, 3.05) is 6.61 Å². The Balaban J connectivity index is 2.48. The highest BCUT2D eigenvalue weighted by Crippen LogP contribution is 2.16. The van der Waals surface area contributed by atoms with Gasteiger partial charge in [-0.2, -0.15) is 0 Å². The molecule has 1 aromatic carbocycles. The molecule has 0 aliphatic rings. The van der Waals surface area contributed by atoms with Crippen LogP contribution in [0, 0.1) is 5.82 Å².